The minimum atomic E-state index is -4.86. The van der Waals surface area contributed by atoms with E-state index in [2.05, 4.69) is 15.4 Å². The van der Waals surface area contributed by atoms with E-state index in [1.807, 2.05) is 0 Å². The molecule has 3 rings (SSSR count). The molecule has 0 aromatic heterocycles. The number of nitrogens with one attached hydrogen (secondary N) is 2. The van der Waals surface area contributed by atoms with Crippen LogP contribution < -0.4 is 25.8 Å². The van der Waals surface area contributed by atoms with Gasteiger partial charge in [0, 0.05) is 17.8 Å². The van der Waals surface area contributed by atoms with Crippen molar-refractivity contribution in [3.05, 3.63) is 53.6 Å². The van der Waals surface area contributed by atoms with E-state index in [9.17, 15) is 35.9 Å². The largest absolute Gasteiger partial charge is 0.573 e. The lowest BCUT2D eigenvalue weighted by molar-refractivity contribution is -0.274. The molecule has 13 heteroatoms. The van der Waals surface area contributed by atoms with Crippen LogP contribution in [0.2, 0.25) is 0 Å². The molecule has 1 aliphatic carbocycles. The van der Waals surface area contributed by atoms with Gasteiger partial charge in [0.15, 0.2) is 0 Å². The van der Waals surface area contributed by atoms with E-state index >= 15 is 0 Å². The fourth-order valence-corrected chi connectivity index (χ4v) is 3.69. The van der Waals surface area contributed by atoms with Crippen molar-refractivity contribution < 1.29 is 45.4 Å². The molecular weight excluding hydrogens is 484 g/mol. The molecule has 0 unspecified atom stereocenters. The van der Waals surface area contributed by atoms with Crippen LogP contribution in [0.3, 0.4) is 0 Å². The predicted molar refractivity (Wildman–Crippen MR) is 112 cm³/mol. The zero-order valence-corrected chi connectivity index (χ0v) is 18.0. The maximum Gasteiger partial charge on any atom is 0.573 e. The van der Waals surface area contributed by atoms with Gasteiger partial charge in [0.1, 0.15) is 11.5 Å². The molecule has 0 atom stereocenters. The number of halogens is 6. The van der Waals surface area contributed by atoms with Crippen LogP contribution in [-0.2, 0) is 6.18 Å². The number of ether oxygens (including phenoxy) is 2. The monoisotopic (exact) mass is 505 g/mol. The van der Waals surface area contributed by atoms with E-state index in [1.54, 1.807) is 0 Å². The van der Waals surface area contributed by atoms with Crippen LogP contribution in [-0.4, -0.2) is 30.4 Å². The Hall–Kier alpha value is -3.64. The fraction of sp³-hybridized carbons (Fsp3) is 0.364. The van der Waals surface area contributed by atoms with E-state index in [0.29, 0.717) is 25.7 Å². The summed E-state index contributed by atoms with van der Waals surface area (Å²) >= 11 is 0. The number of nitrogens with two attached hydrogens (primary N) is 1. The number of anilines is 1. The molecule has 3 amide bonds. The molecule has 4 N–H and O–H groups in total. The molecule has 7 nitrogen and oxygen atoms in total. The predicted octanol–water partition coefficient (Wildman–Crippen LogP) is 5.21. The maximum atomic E-state index is 13.0. The molecule has 0 saturated heterocycles. The van der Waals surface area contributed by atoms with Crippen molar-refractivity contribution in [2.75, 3.05) is 5.32 Å². The standard InChI is InChI=1S/C22H21F6N3O4/c23-21(24,25)18-9-8-15(11-17(18)19(29)32)34-14-6-4-12(5-7-14)30-20(33)31-13-2-1-3-16(10-13)35-22(26,27)28/h1-3,8-12,14H,4-7H2,(H2,29,32)(H2,30,31,33). The van der Waals surface area contributed by atoms with Crippen LogP contribution in [0.5, 0.6) is 11.5 Å². The van der Waals surface area contributed by atoms with Crippen molar-refractivity contribution in [3.8, 4) is 11.5 Å². The van der Waals surface area contributed by atoms with Crippen molar-refractivity contribution in [2.24, 2.45) is 5.73 Å². The number of urea groups is 1. The Kier molecular flexibility index (Phi) is 7.66. The highest BCUT2D eigenvalue weighted by Gasteiger charge is 2.35. The van der Waals surface area contributed by atoms with E-state index < -0.39 is 41.4 Å². The van der Waals surface area contributed by atoms with Gasteiger partial charge in [0.25, 0.3) is 0 Å². The second kappa shape index (κ2) is 10.3. The van der Waals surface area contributed by atoms with Crippen LogP contribution in [0.1, 0.15) is 41.6 Å². The number of rotatable bonds is 6. The molecule has 2 aromatic rings. The Morgan fingerprint density at radius 1 is 0.914 bits per heavy atom. The number of carbonyl (C=O) groups is 2. The summed E-state index contributed by atoms with van der Waals surface area (Å²) in [6.45, 7) is 0. The van der Waals surface area contributed by atoms with Gasteiger partial charge >= 0.3 is 18.6 Å². The summed E-state index contributed by atoms with van der Waals surface area (Å²) < 4.78 is 85.6. The first-order valence-electron chi connectivity index (χ1n) is 10.4. The smallest absolute Gasteiger partial charge is 0.490 e. The van der Waals surface area contributed by atoms with E-state index in [1.165, 1.54) is 12.1 Å². The van der Waals surface area contributed by atoms with Crippen LogP contribution in [0, 0.1) is 0 Å². The average molecular weight is 505 g/mol. The van der Waals surface area contributed by atoms with Gasteiger partial charge in [-0.05, 0) is 56.0 Å². The van der Waals surface area contributed by atoms with Crippen LogP contribution in [0.25, 0.3) is 0 Å². The number of benzene rings is 2. The number of carbonyl (C=O) groups excluding carboxylic acids is 2. The zero-order chi connectivity index (χ0) is 25.8. The Morgan fingerprint density at radius 3 is 2.20 bits per heavy atom. The number of primary amides is 1. The van der Waals surface area contributed by atoms with Gasteiger partial charge in [-0.3, -0.25) is 4.79 Å². The lowest BCUT2D eigenvalue weighted by atomic mass is 9.93. The summed E-state index contributed by atoms with van der Waals surface area (Å²) in [7, 11) is 0. The SMILES string of the molecule is NC(=O)c1cc(OC2CCC(NC(=O)Nc3cccc(OC(F)(F)F)c3)CC2)ccc1C(F)(F)F. The van der Waals surface area contributed by atoms with Gasteiger partial charge in [-0.15, -0.1) is 13.2 Å². The number of hydrogen-bond donors (Lipinski definition) is 3. The summed E-state index contributed by atoms with van der Waals surface area (Å²) in [5.41, 5.74) is 3.34. The van der Waals surface area contributed by atoms with Crippen LogP contribution in [0.4, 0.5) is 36.8 Å². The third kappa shape index (κ3) is 7.69. The van der Waals surface area contributed by atoms with Crippen LogP contribution >= 0.6 is 0 Å². The van der Waals surface area contributed by atoms with Crippen molar-refractivity contribution in [2.45, 2.75) is 50.4 Å². The molecule has 0 spiro atoms. The lowest BCUT2D eigenvalue weighted by Crippen LogP contribution is -2.41. The highest BCUT2D eigenvalue weighted by Crippen LogP contribution is 2.34. The molecule has 190 valence electrons. The molecule has 0 radical (unpaired) electrons. The lowest BCUT2D eigenvalue weighted by Gasteiger charge is -2.29. The van der Waals surface area contributed by atoms with Gasteiger partial charge in [-0.1, -0.05) is 6.07 Å². The summed E-state index contributed by atoms with van der Waals surface area (Å²) in [6.07, 6.45) is -8.05. The summed E-state index contributed by atoms with van der Waals surface area (Å²) in [4.78, 5) is 23.6. The Labute approximate surface area is 195 Å². The Balaban J connectivity index is 1.51. The normalized spacial score (nSPS) is 18.5. The molecular formula is C22H21F6N3O4. The van der Waals surface area contributed by atoms with E-state index in [4.69, 9.17) is 10.5 Å². The average Bonchev–Trinajstić information content (AvgIpc) is 2.73. The molecule has 1 saturated carbocycles. The first-order valence-corrected chi connectivity index (χ1v) is 10.4. The first kappa shape index (κ1) is 26.0. The van der Waals surface area contributed by atoms with Gasteiger partial charge in [0.05, 0.1) is 17.2 Å². The van der Waals surface area contributed by atoms with Crippen molar-refractivity contribution >= 4 is 17.6 Å². The third-order valence-electron chi connectivity index (χ3n) is 5.20. The van der Waals surface area contributed by atoms with Crippen LogP contribution in [0.15, 0.2) is 42.5 Å². The Bertz CT molecular complexity index is 1070. The van der Waals surface area contributed by atoms with Gasteiger partial charge < -0.3 is 25.8 Å². The summed E-state index contributed by atoms with van der Waals surface area (Å²) in [5.74, 6) is -1.63. The second-order valence-electron chi connectivity index (χ2n) is 7.83. The number of amides is 3. The molecule has 0 heterocycles. The zero-order valence-electron chi connectivity index (χ0n) is 18.0. The number of alkyl halides is 6. The fourth-order valence-electron chi connectivity index (χ4n) is 3.69. The molecule has 35 heavy (non-hydrogen) atoms. The quantitative estimate of drug-likeness (QED) is 0.469. The molecule has 1 fully saturated rings. The highest BCUT2D eigenvalue weighted by molar-refractivity contribution is 5.95. The molecule has 0 aliphatic heterocycles. The van der Waals surface area contributed by atoms with E-state index in [-0.39, 0.29) is 23.6 Å². The molecule has 2 aromatic carbocycles. The molecule has 0 bridgehead atoms. The Morgan fingerprint density at radius 2 is 1.60 bits per heavy atom. The number of hydrogen-bond acceptors (Lipinski definition) is 4. The second-order valence-corrected chi connectivity index (χ2v) is 7.83. The summed E-state index contributed by atoms with van der Waals surface area (Å²) in [5, 5.41) is 5.15. The van der Waals surface area contributed by atoms with Gasteiger partial charge in [-0.2, -0.15) is 13.2 Å². The third-order valence-corrected chi connectivity index (χ3v) is 5.20. The highest BCUT2D eigenvalue weighted by atomic mass is 19.4. The maximum absolute atomic E-state index is 13.0. The van der Waals surface area contributed by atoms with E-state index in [0.717, 1.165) is 30.3 Å². The summed E-state index contributed by atoms with van der Waals surface area (Å²) in [6, 6.07) is 6.77. The van der Waals surface area contributed by atoms with Gasteiger partial charge in [0.2, 0.25) is 5.91 Å². The van der Waals surface area contributed by atoms with Gasteiger partial charge in [-0.25, -0.2) is 4.79 Å². The minimum absolute atomic E-state index is 0.0712. The first-order chi connectivity index (χ1) is 16.3. The van der Waals surface area contributed by atoms with Crippen molar-refractivity contribution in [1.82, 2.24) is 5.32 Å². The minimum Gasteiger partial charge on any atom is -0.490 e. The van der Waals surface area contributed by atoms with Crippen molar-refractivity contribution in [3.63, 3.8) is 0 Å². The topological polar surface area (TPSA) is 103 Å². The van der Waals surface area contributed by atoms with Crippen molar-refractivity contribution in [1.29, 1.82) is 0 Å². The molecule has 1 aliphatic rings.